The van der Waals surface area contributed by atoms with E-state index in [1.807, 2.05) is 18.2 Å². The first-order valence-corrected chi connectivity index (χ1v) is 7.67. The summed E-state index contributed by atoms with van der Waals surface area (Å²) in [4.78, 5) is 23.8. The van der Waals surface area contributed by atoms with Crippen molar-refractivity contribution in [1.82, 2.24) is 5.32 Å². The van der Waals surface area contributed by atoms with Gasteiger partial charge in [-0.05, 0) is 17.7 Å². The van der Waals surface area contributed by atoms with Gasteiger partial charge in [-0.2, -0.15) is 0 Å². The number of benzene rings is 2. The predicted octanol–water partition coefficient (Wildman–Crippen LogP) is 3.46. The van der Waals surface area contributed by atoms with Crippen molar-refractivity contribution in [3.63, 3.8) is 0 Å². The highest BCUT2D eigenvalue weighted by molar-refractivity contribution is 9.10. The third-order valence-electron chi connectivity index (χ3n) is 3.54. The summed E-state index contributed by atoms with van der Waals surface area (Å²) in [6, 6.07) is 15.9. The van der Waals surface area contributed by atoms with Crippen molar-refractivity contribution in [3.8, 4) is 0 Å². The Kier molecular flexibility index (Phi) is 4.12. The van der Waals surface area contributed by atoms with Crippen LogP contribution in [0.2, 0.25) is 0 Å². The summed E-state index contributed by atoms with van der Waals surface area (Å²) in [7, 11) is 0. The Morgan fingerprint density at radius 2 is 1.70 bits per heavy atom. The van der Waals surface area contributed by atoms with Crippen LogP contribution < -0.4 is 5.32 Å². The lowest BCUT2D eigenvalue weighted by atomic mass is 10.0. The Morgan fingerprint density at radius 1 is 1.04 bits per heavy atom. The molecule has 0 bridgehead atoms. The molecule has 0 spiro atoms. The second kappa shape index (κ2) is 6.22. The van der Waals surface area contributed by atoms with Crippen LogP contribution in [-0.2, 0) is 9.59 Å². The Morgan fingerprint density at radius 3 is 2.30 bits per heavy atom. The number of hydrogen-bond acceptors (Lipinski definition) is 3. The van der Waals surface area contributed by atoms with Gasteiger partial charge in [-0.3, -0.25) is 9.59 Å². The number of aliphatic hydroxyl groups is 1. The molecule has 0 aliphatic carbocycles. The standard InChI is InChI=1S/C18H12BrNO3/c19-13-8-6-12(7-9-13)17(22)15-14(10-21)16(20-18(15)23)11-4-2-1-3-5-11/h1-10,22H,(H,20,23)/b17-15+. The maximum atomic E-state index is 12.3. The molecule has 5 heteroatoms. The molecule has 114 valence electrons. The van der Waals surface area contributed by atoms with Crippen LogP contribution in [0.1, 0.15) is 11.1 Å². The van der Waals surface area contributed by atoms with Gasteiger partial charge in [0, 0.05) is 10.0 Å². The lowest BCUT2D eigenvalue weighted by molar-refractivity contribution is -0.116. The van der Waals surface area contributed by atoms with Gasteiger partial charge in [-0.15, -0.1) is 0 Å². The van der Waals surface area contributed by atoms with E-state index in [-0.39, 0.29) is 16.9 Å². The molecule has 1 heterocycles. The summed E-state index contributed by atoms with van der Waals surface area (Å²) in [5.74, 6) is -0.714. The van der Waals surface area contributed by atoms with Gasteiger partial charge in [0.25, 0.3) is 5.91 Å². The van der Waals surface area contributed by atoms with Crippen LogP contribution in [0.15, 0.2) is 70.2 Å². The molecule has 0 aromatic heterocycles. The first-order valence-electron chi connectivity index (χ1n) is 6.87. The minimum atomic E-state index is -0.494. The fraction of sp³-hybridized carbons (Fsp3) is 0. The van der Waals surface area contributed by atoms with E-state index in [9.17, 15) is 14.7 Å². The molecule has 0 radical (unpaired) electrons. The lowest BCUT2D eigenvalue weighted by Crippen LogP contribution is -2.16. The molecule has 0 saturated carbocycles. The molecule has 1 aliphatic heterocycles. The normalized spacial score (nSPS) is 16.3. The van der Waals surface area contributed by atoms with Crippen LogP contribution in [0.3, 0.4) is 0 Å². The molecule has 4 nitrogen and oxygen atoms in total. The third-order valence-corrected chi connectivity index (χ3v) is 4.07. The van der Waals surface area contributed by atoms with E-state index in [1.54, 1.807) is 36.4 Å². The van der Waals surface area contributed by atoms with Crippen LogP contribution in [0, 0.1) is 0 Å². The quantitative estimate of drug-likeness (QED) is 0.494. The average molecular weight is 370 g/mol. The highest BCUT2D eigenvalue weighted by atomic mass is 79.9. The van der Waals surface area contributed by atoms with E-state index in [0.717, 1.165) is 4.47 Å². The number of aldehydes is 1. The number of amides is 1. The first kappa shape index (κ1) is 15.2. The zero-order valence-corrected chi connectivity index (χ0v) is 13.5. The van der Waals surface area contributed by atoms with Crippen LogP contribution in [0.4, 0.5) is 0 Å². The van der Waals surface area contributed by atoms with E-state index < -0.39 is 5.91 Å². The van der Waals surface area contributed by atoms with Crippen molar-refractivity contribution in [2.45, 2.75) is 0 Å². The number of halogens is 1. The molecule has 23 heavy (non-hydrogen) atoms. The van der Waals surface area contributed by atoms with Crippen molar-refractivity contribution in [2.24, 2.45) is 0 Å². The van der Waals surface area contributed by atoms with Gasteiger partial charge in [-0.1, -0.05) is 58.4 Å². The van der Waals surface area contributed by atoms with Gasteiger partial charge in [0.05, 0.1) is 16.8 Å². The molecule has 1 amide bonds. The van der Waals surface area contributed by atoms with E-state index >= 15 is 0 Å². The lowest BCUT2D eigenvalue weighted by Gasteiger charge is -2.04. The first-order chi connectivity index (χ1) is 11.1. The Labute approximate surface area is 141 Å². The third kappa shape index (κ3) is 2.83. The van der Waals surface area contributed by atoms with Crippen LogP contribution in [0.25, 0.3) is 11.5 Å². The molecule has 2 N–H and O–H groups in total. The molecule has 0 unspecified atom stereocenters. The number of aliphatic hydroxyl groups excluding tert-OH is 1. The van der Waals surface area contributed by atoms with Gasteiger partial charge < -0.3 is 10.4 Å². The molecule has 0 saturated heterocycles. The number of carbonyl (C=O) groups is 2. The predicted molar refractivity (Wildman–Crippen MR) is 91.3 cm³/mol. The second-order valence-corrected chi connectivity index (χ2v) is 5.87. The van der Waals surface area contributed by atoms with Gasteiger partial charge in [0.2, 0.25) is 0 Å². The Hall–Kier alpha value is -2.66. The van der Waals surface area contributed by atoms with Crippen molar-refractivity contribution in [3.05, 3.63) is 81.3 Å². The summed E-state index contributed by atoms with van der Waals surface area (Å²) >= 11 is 3.31. The fourth-order valence-electron chi connectivity index (χ4n) is 2.43. The van der Waals surface area contributed by atoms with Crippen molar-refractivity contribution in [1.29, 1.82) is 0 Å². The minimum absolute atomic E-state index is 0.0128. The average Bonchev–Trinajstić information content (AvgIpc) is 2.92. The molecular weight excluding hydrogens is 358 g/mol. The zero-order valence-electron chi connectivity index (χ0n) is 11.9. The molecule has 2 aromatic rings. The van der Waals surface area contributed by atoms with E-state index in [0.29, 0.717) is 23.1 Å². The Balaban J connectivity index is 2.16. The van der Waals surface area contributed by atoms with Crippen molar-refractivity contribution >= 4 is 39.6 Å². The highest BCUT2D eigenvalue weighted by Gasteiger charge is 2.31. The summed E-state index contributed by atoms with van der Waals surface area (Å²) in [6.45, 7) is 0. The van der Waals surface area contributed by atoms with E-state index in [4.69, 9.17) is 0 Å². The molecule has 2 aromatic carbocycles. The van der Waals surface area contributed by atoms with Crippen LogP contribution >= 0.6 is 15.9 Å². The van der Waals surface area contributed by atoms with Crippen molar-refractivity contribution < 1.29 is 14.7 Å². The monoisotopic (exact) mass is 369 g/mol. The largest absolute Gasteiger partial charge is 0.506 e. The topological polar surface area (TPSA) is 66.4 Å². The molecule has 0 fully saturated rings. The summed E-state index contributed by atoms with van der Waals surface area (Å²) < 4.78 is 0.853. The Bertz CT molecular complexity index is 836. The summed E-state index contributed by atoms with van der Waals surface area (Å²) in [6.07, 6.45) is 0.588. The highest BCUT2D eigenvalue weighted by Crippen LogP contribution is 2.31. The van der Waals surface area contributed by atoms with E-state index in [1.165, 1.54) is 0 Å². The van der Waals surface area contributed by atoms with Crippen LogP contribution in [0.5, 0.6) is 0 Å². The molecule has 0 atom stereocenters. The fourth-order valence-corrected chi connectivity index (χ4v) is 2.69. The molecule has 1 aliphatic rings. The zero-order chi connectivity index (χ0) is 16.4. The summed E-state index contributed by atoms with van der Waals surface area (Å²) in [5.41, 5.74) is 1.72. The van der Waals surface area contributed by atoms with Crippen LogP contribution in [-0.4, -0.2) is 17.3 Å². The number of carbonyl (C=O) groups excluding carboxylic acids is 2. The van der Waals surface area contributed by atoms with Gasteiger partial charge in [0.15, 0.2) is 6.29 Å². The number of hydrogen-bond donors (Lipinski definition) is 2. The SMILES string of the molecule is O=CC1=C(c2ccccc2)NC(=O)/C1=C(/O)c1ccc(Br)cc1. The summed E-state index contributed by atoms with van der Waals surface area (Å²) in [5, 5.41) is 13.1. The van der Waals surface area contributed by atoms with Crippen molar-refractivity contribution in [2.75, 3.05) is 0 Å². The maximum absolute atomic E-state index is 12.3. The number of rotatable bonds is 3. The maximum Gasteiger partial charge on any atom is 0.260 e. The molecular formula is C18H12BrNO3. The van der Waals surface area contributed by atoms with E-state index in [2.05, 4.69) is 21.2 Å². The van der Waals surface area contributed by atoms with Gasteiger partial charge >= 0.3 is 0 Å². The van der Waals surface area contributed by atoms with Gasteiger partial charge in [0.1, 0.15) is 5.76 Å². The smallest absolute Gasteiger partial charge is 0.260 e. The number of nitrogens with one attached hydrogen (secondary N) is 1. The van der Waals surface area contributed by atoms with Gasteiger partial charge in [-0.25, -0.2) is 0 Å². The second-order valence-electron chi connectivity index (χ2n) is 4.96. The molecule has 3 rings (SSSR count). The minimum Gasteiger partial charge on any atom is -0.506 e.